The molecule has 0 fully saturated rings. The van der Waals surface area contributed by atoms with Crippen LogP contribution in [0.5, 0.6) is 0 Å². The van der Waals surface area contributed by atoms with E-state index >= 15 is 0 Å². The molecule has 2 N–H and O–H groups in total. The number of nitrogens with one attached hydrogen (secondary N) is 2. The van der Waals surface area contributed by atoms with Gasteiger partial charge in [-0.15, -0.1) is 0 Å². The monoisotopic (exact) mass is 288 g/mol. The highest BCUT2D eigenvalue weighted by Crippen LogP contribution is 2.14. The van der Waals surface area contributed by atoms with E-state index in [9.17, 15) is 0 Å². The van der Waals surface area contributed by atoms with Gasteiger partial charge in [0.15, 0.2) is 5.96 Å². The zero-order valence-electron chi connectivity index (χ0n) is 11.3. The Morgan fingerprint density at radius 3 is 2.55 bits per heavy atom. The SMILES string of the molecule is CN=C(NCc1ccccn1)NCc1ccccc1Cl. The van der Waals surface area contributed by atoms with Crippen molar-refractivity contribution in [1.29, 1.82) is 0 Å². The van der Waals surface area contributed by atoms with Gasteiger partial charge in [-0.05, 0) is 23.8 Å². The lowest BCUT2D eigenvalue weighted by Crippen LogP contribution is -2.36. The summed E-state index contributed by atoms with van der Waals surface area (Å²) in [7, 11) is 1.74. The van der Waals surface area contributed by atoms with Crippen LogP contribution in [0.3, 0.4) is 0 Å². The molecule has 5 heteroatoms. The highest BCUT2D eigenvalue weighted by atomic mass is 35.5. The van der Waals surface area contributed by atoms with E-state index in [4.69, 9.17) is 11.6 Å². The van der Waals surface area contributed by atoms with Crippen LogP contribution in [-0.4, -0.2) is 18.0 Å². The molecule has 1 heterocycles. The van der Waals surface area contributed by atoms with Crippen LogP contribution in [0.25, 0.3) is 0 Å². The number of guanidine groups is 1. The molecule has 0 radical (unpaired) electrons. The summed E-state index contributed by atoms with van der Waals surface area (Å²) in [6, 6.07) is 13.6. The van der Waals surface area contributed by atoms with Crippen molar-refractivity contribution in [2.45, 2.75) is 13.1 Å². The van der Waals surface area contributed by atoms with Crippen LogP contribution < -0.4 is 10.6 Å². The molecule has 0 amide bonds. The third kappa shape index (κ3) is 4.24. The molecule has 104 valence electrons. The number of benzene rings is 1. The van der Waals surface area contributed by atoms with Gasteiger partial charge >= 0.3 is 0 Å². The average Bonchev–Trinajstić information content (AvgIpc) is 2.50. The third-order valence-corrected chi connectivity index (χ3v) is 3.16. The van der Waals surface area contributed by atoms with E-state index in [1.54, 1.807) is 13.2 Å². The van der Waals surface area contributed by atoms with E-state index in [2.05, 4.69) is 20.6 Å². The van der Waals surface area contributed by atoms with Crippen molar-refractivity contribution in [2.75, 3.05) is 7.05 Å². The van der Waals surface area contributed by atoms with Gasteiger partial charge in [0.2, 0.25) is 0 Å². The van der Waals surface area contributed by atoms with E-state index in [1.165, 1.54) is 0 Å². The first-order chi connectivity index (χ1) is 9.79. The molecule has 0 aliphatic heterocycles. The van der Waals surface area contributed by atoms with Crippen LogP contribution >= 0.6 is 11.6 Å². The Bertz CT molecular complexity index is 569. The van der Waals surface area contributed by atoms with Crippen LogP contribution in [0.15, 0.2) is 53.7 Å². The second kappa shape index (κ2) is 7.50. The lowest BCUT2D eigenvalue weighted by Gasteiger charge is -2.12. The first-order valence-electron chi connectivity index (χ1n) is 6.37. The molecule has 1 aromatic heterocycles. The molecule has 0 aliphatic rings. The maximum atomic E-state index is 6.11. The lowest BCUT2D eigenvalue weighted by molar-refractivity contribution is 0.794. The minimum absolute atomic E-state index is 0.627. The topological polar surface area (TPSA) is 49.3 Å². The molecule has 20 heavy (non-hydrogen) atoms. The predicted molar refractivity (Wildman–Crippen MR) is 82.7 cm³/mol. The highest BCUT2D eigenvalue weighted by molar-refractivity contribution is 6.31. The van der Waals surface area contributed by atoms with Crippen molar-refractivity contribution in [1.82, 2.24) is 15.6 Å². The molecule has 0 saturated heterocycles. The minimum Gasteiger partial charge on any atom is -0.352 e. The van der Waals surface area contributed by atoms with Crippen LogP contribution in [0.2, 0.25) is 5.02 Å². The van der Waals surface area contributed by atoms with Gasteiger partial charge in [-0.1, -0.05) is 35.9 Å². The van der Waals surface area contributed by atoms with Gasteiger partial charge in [0, 0.05) is 24.8 Å². The lowest BCUT2D eigenvalue weighted by atomic mass is 10.2. The molecule has 0 unspecified atom stereocenters. The Morgan fingerprint density at radius 2 is 1.85 bits per heavy atom. The maximum absolute atomic E-state index is 6.11. The minimum atomic E-state index is 0.627. The van der Waals surface area contributed by atoms with Crippen LogP contribution in [0, 0.1) is 0 Å². The summed E-state index contributed by atoms with van der Waals surface area (Å²) in [5, 5.41) is 7.18. The van der Waals surface area contributed by atoms with E-state index in [1.807, 2.05) is 42.5 Å². The molecule has 2 aromatic rings. The number of nitrogens with zero attached hydrogens (tertiary/aromatic N) is 2. The molecule has 0 saturated carbocycles. The van der Waals surface area contributed by atoms with Gasteiger partial charge in [-0.3, -0.25) is 9.98 Å². The van der Waals surface area contributed by atoms with Crippen molar-refractivity contribution in [3.05, 3.63) is 64.9 Å². The Balaban J connectivity index is 1.86. The summed E-state index contributed by atoms with van der Waals surface area (Å²) in [5.74, 6) is 0.718. The smallest absolute Gasteiger partial charge is 0.191 e. The first kappa shape index (κ1) is 14.3. The number of hydrogen-bond donors (Lipinski definition) is 2. The van der Waals surface area contributed by atoms with Gasteiger partial charge in [0.25, 0.3) is 0 Å². The largest absolute Gasteiger partial charge is 0.352 e. The van der Waals surface area contributed by atoms with E-state index in [-0.39, 0.29) is 0 Å². The van der Waals surface area contributed by atoms with Crippen molar-refractivity contribution >= 4 is 17.6 Å². The number of aliphatic imine (C=N–C) groups is 1. The van der Waals surface area contributed by atoms with Gasteiger partial charge < -0.3 is 10.6 Å². The van der Waals surface area contributed by atoms with Crippen molar-refractivity contribution in [2.24, 2.45) is 4.99 Å². The van der Waals surface area contributed by atoms with Crippen molar-refractivity contribution < 1.29 is 0 Å². The van der Waals surface area contributed by atoms with Crippen molar-refractivity contribution in [3.63, 3.8) is 0 Å². The fourth-order valence-corrected chi connectivity index (χ4v) is 1.92. The maximum Gasteiger partial charge on any atom is 0.191 e. The zero-order chi connectivity index (χ0) is 14.2. The second-order valence-corrected chi connectivity index (χ2v) is 4.60. The molecule has 0 spiro atoms. The number of hydrogen-bond acceptors (Lipinski definition) is 2. The highest BCUT2D eigenvalue weighted by Gasteiger charge is 2.01. The summed E-state index contributed by atoms with van der Waals surface area (Å²) >= 11 is 6.11. The first-order valence-corrected chi connectivity index (χ1v) is 6.75. The van der Waals surface area contributed by atoms with Gasteiger partial charge in [0.05, 0.1) is 12.2 Å². The normalized spacial score (nSPS) is 11.2. The quantitative estimate of drug-likeness (QED) is 0.672. The molecule has 0 aliphatic carbocycles. The van der Waals surface area contributed by atoms with E-state index < -0.39 is 0 Å². The Morgan fingerprint density at radius 1 is 1.10 bits per heavy atom. The molecule has 0 bridgehead atoms. The third-order valence-electron chi connectivity index (χ3n) is 2.79. The molecule has 2 rings (SSSR count). The average molecular weight is 289 g/mol. The molecular weight excluding hydrogens is 272 g/mol. The Labute approximate surface area is 123 Å². The summed E-state index contributed by atoms with van der Waals surface area (Å²) in [6.45, 7) is 1.25. The number of pyridine rings is 1. The fourth-order valence-electron chi connectivity index (χ4n) is 1.72. The van der Waals surface area contributed by atoms with Crippen molar-refractivity contribution in [3.8, 4) is 0 Å². The fraction of sp³-hybridized carbons (Fsp3) is 0.200. The zero-order valence-corrected chi connectivity index (χ0v) is 12.1. The molecule has 4 nitrogen and oxygen atoms in total. The molecular formula is C15H17ClN4. The second-order valence-electron chi connectivity index (χ2n) is 4.19. The summed E-state index contributed by atoms with van der Waals surface area (Å²) in [6.07, 6.45) is 1.77. The summed E-state index contributed by atoms with van der Waals surface area (Å²) in [4.78, 5) is 8.42. The summed E-state index contributed by atoms with van der Waals surface area (Å²) in [5.41, 5.74) is 2.00. The van der Waals surface area contributed by atoms with Gasteiger partial charge in [-0.25, -0.2) is 0 Å². The predicted octanol–water partition coefficient (Wildman–Crippen LogP) is 2.60. The molecule has 0 atom stereocenters. The van der Waals surface area contributed by atoms with Gasteiger partial charge in [0.1, 0.15) is 0 Å². The number of rotatable bonds is 4. The van der Waals surface area contributed by atoms with Crippen LogP contribution in [0.1, 0.15) is 11.3 Å². The van der Waals surface area contributed by atoms with E-state index in [0.29, 0.717) is 13.1 Å². The number of halogens is 1. The van der Waals surface area contributed by atoms with E-state index in [0.717, 1.165) is 22.2 Å². The molecule has 1 aromatic carbocycles. The standard InChI is InChI=1S/C15H17ClN4/c1-17-15(20-11-13-7-4-5-9-18-13)19-10-12-6-2-3-8-14(12)16/h2-9H,10-11H2,1H3,(H2,17,19,20). The number of aromatic nitrogens is 1. The Kier molecular flexibility index (Phi) is 5.38. The summed E-state index contributed by atoms with van der Waals surface area (Å²) < 4.78 is 0. The van der Waals surface area contributed by atoms with Crippen LogP contribution in [0.4, 0.5) is 0 Å². The van der Waals surface area contributed by atoms with Gasteiger partial charge in [-0.2, -0.15) is 0 Å². The van der Waals surface area contributed by atoms with Crippen LogP contribution in [-0.2, 0) is 13.1 Å². The Hall–Kier alpha value is -2.07.